The van der Waals surface area contributed by atoms with Crippen molar-refractivity contribution >= 4 is 56.4 Å². The standard InChI is InChI=1S/C23H21BrCl2N2O3/c1-14-3-6-17(7-4-14)28-22(29)13-31-23-18(24)9-15(10-21(23)30-2)12-27-20-11-16(25)5-8-19(20)26/h3-11,27H,12-13H2,1-2H3,(H,28,29). The lowest BCUT2D eigenvalue weighted by molar-refractivity contribution is -0.118. The number of carbonyl (C=O) groups is 1. The number of hydrogen-bond donors (Lipinski definition) is 2. The van der Waals surface area contributed by atoms with E-state index in [0.717, 1.165) is 16.8 Å². The van der Waals surface area contributed by atoms with E-state index in [2.05, 4.69) is 26.6 Å². The van der Waals surface area contributed by atoms with Crippen LogP contribution in [0.25, 0.3) is 0 Å². The van der Waals surface area contributed by atoms with Crippen molar-refractivity contribution in [3.8, 4) is 11.5 Å². The Morgan fingerprint density at radius 2 is 1.81 bits per heavy atom. The fourth-order valence-corrected chi connectivity index (χ4v) is 3.78. The molecule has 162 valence electrons. The van der Waals surface area contributed by atoms with Gasteiger partial charge in [-0.2, -0.15) is 0 Å². The summed E-state index contributed by atoms with van der Waals surface area (Å²) >= 11 is 15.7. The summed E-state index contributed by atoms with van der Waals surface area (Å²) in [6.07, 6.45) is 0. The van der Waals surface area contributed by atoms with Gasteiger partial charge >= 0.3 is 0 Å². The van der Waals surface area contributed by atoms with E-state index in [1.54, 1.807) is 25.3 Å². The number of amides is 1. The lowest BCUT2D eigenvalue weighted by Gasteiger charge is -2.15. The molecule has 3 aromatic rings. The van der Waals surface area contributed by atoms with Crippen molar-refractivity contribution in [2.45, 2.75) is 13.5 Å². The van der Waals surface area contributed by atoms with Crippen LogP contribution in [-0.2, 0) is 11.3 Å². The average molecular weight is 524 g/mol. The average Bonchev–Trinajstić information content (AvgIpc) is 2.74. The first kappa shape index (κ1) is 23.3. The van der Waals surface area contributed by atoms with Crippen LogP contribution in [-0.4, -0.2) is 19.6 Å². The molecule has 2 N–H and O–H groups in total. The van der Waals surface area contributed by atoms with Crippen molar-refractivity contribution in [3.05, 3.63) is 80.2 Å². The molecule has 1 amide bonds. The molecule has 0 atom stereocenters. The third-order valence-corrected chi connectivity index (χ3v) is 5.54. The van der Waals surface area contributed by atoms with Gasteiger partial charge in [-0.3, -0.25) is 4.79 Å². The van der Waals surface area contributed by atoms with Crippen LogP contribution in [0.1, 0.15) is 11.1 Å². The molecule has 0 radical (unpaired) electrons. The predicted octanol–water partition coefficient (Wildman–Crippen LogP) is 6.70. The van der Waals surface area contributed by atoms with Crippen LogP contribution >= 0.6 is 39.1 Å². The molecule has 0 heterocycles. The third-order valence-electron chi connectivity index (χ3n) is 4.38. The van der Waals surface area contributed by atoms with Crippen molar-refractivity contribution in [3.63, 3.8) is 0 Å². The molecule has 8 heteroatoms. The molecule has 0 aliphatic rings. The molecule has 0 fully saturated rings. The van der Waals surface area contributed by atoms with Crippen molar-refractivity contribution in [2.75, 3.05) is 24.4 Å². The minimum atomic E-state index is -0.265. The van der Waals surface area contributed by atoms with E-state index in [-0.39, 0.29) is 12.5 Å². The molecular weight excluding hydrogens is 503 g/mol. The van der Waals surface area contributed by atoms with E-state index in [0.29, 0.717) is 38.2 Å². The number of methoxy groups -OCH3 is 1. The molecule has 0 unspecified atom stereocenters. The minimum absolute atomic E-state index is 0.154. The molecule has 0 aromatic heterocycles. The first-order chi connectivity index (χ1) is 14.9. The Morgan fingerprint density at radius 1 is 1.06 bits per heavy atom. The summed E-state index contributed by atoms with van der Waals surface area (Å²) in [5.74, 6) is 0.691. The van der Waals surface area contributed by atoms with Crippen LogP contribution < -0.4 is 20.1 Å². The van der Waals surface area contributed by atoms with Crippen LogP contribution in [0.15, 0.2) is 59.1 Å². The van der Waals surface area contributed by atoms with E-state index in [9.17, 15) is 4.79 Å². The molecule has 0 aliphatic carbocycles. The molecule has 0 saturated heterocycles. The van der Waals surface area contributed by atoms with Crippen LogP contribution in [0, 0.1) is 6.92 Å². The van der Waals surface area contributed by atoms with Gasteiger partial charge in [-0.15, -0.1) is 0 Å². The van der Waals surface area contributed by atoms with E-state index in [4.69, 9.17) is 32.7 Å². The maximum absolute atomic E-state index is 12.2. The third kappa shape index (κ3) is 6.53. The summed E-state index contributed by atoms with van der Waals surface area (Å²) in [4.78, 5) is 12.2. The lowest BCUT2D eigenvalue weighted by atomic mass is 10.2. The highest BCUT2D eigenvalue weighted by atomic mass is 79.9. The second-order valence-corrected chi connectivity index (χ2v) is 8.49. The Labute approximate surface area is 199 Å². The predicted molar refractivity (Wildman–Crippen MR) is 130 cm³/mol. The number of anilines is 2. The molecule has 3 rings (SSSR count). The van der Waals surface area contributed by atoms with Crippen molar-refractivity contribution < 1.29 is 14.3 Å². The molecule has 0 bridgehead atoms. The minimum Gasteiger partial charge on any atom is -0.493 e. The van der Waals surface area contributed by atoms with Crippen molar-refractivity contribution in [1.29, 1.82) is 0 Å². The van der Waals surface area contributed by atoms with Crippen LogP contribution in [0.3, 0.4) is 0 Å². The zero-order valence-corrected chi connectivity index (χ0v) is 20.1. The second-order valence-electron chi connectivity index (χ2n) is 6.79. The Hall–Kier alpha value is -2.41. The number of halogens is 3. The van der Waals surface area contributed by atoms with Gasteiger partial charge in [-0.05, 0) is 70.9 Å². The maximum Gasteiger partial charge on any atom is 0.262 e. The molecule has 3 aromatic carbocycles. The zero-order valence-electron chi connectivity index (χ0n) is 17.0. The molecule has 5 nitrogen and oxygen atoms in total. The Morgan fingerprint density at radius 3 is 2.52 bits per heavy atom. The van der Waals surface area contributed by atoms with Crippen LogP contribution in [0.2, 0.25) is 10.0 Å². The summed E-state index contributed by atoms with van der Waals surface area (Å²) in [7, 11) is 1.55. The van der Waals surface area contributed by atoms with Crippen LogP contribution in [0.4, 0.5) is 11.4 Å². The van der Waals surface area contributed by atoms with Gasteiger partial charge in [0.2, 0.25) is 0 Å². The van der Waals surface area contributed by atoms with Gasteiger partial charge in [0.15, 0.2) is 18.1 Å². The summed E-state index contributed by atoms with van der Waals surface area (Å²) in [6, 6.07) is 16.5. The number of rotatable bonds is 8. The molecule has 0 saturated carbocycles. The fourth-order valence-electron chi connectivity index (χ4n) is 2.82. The SMILES string of the molecule is COc1cc(CNc2cc(Cl)ccc2Cl)cc(Br)c1OCC(=O)Nc1ccc(C)cc1. The fraction of sp³-hybridized carbons (Fsp3) is 0.174. The van der Waals surface area contributed by atoms with E-state index < -0.39 is 0 Å². The molecule has 0 aliphatic heterocycles. The highest BCUT2D eigenvalue weighted by Crippen LogP contribution is 2.37. The van der Waals surface area contributed by atoms with Crippen LogP contribution in [0.5, 0.6) is 11.5 Å². The van der Waals surface area contributed by atoms with Gasteiger partial charge in [-0.25, -0.2) is 0 Å². The van der Waals surface area contributed by atoms with Gasteiger partial charge < -0.3 is 20.1 Å². The molecule has 31 heavy (non-hydrogen) atoms. The zero-order chi connectivity index (χ0) is 22.4. The van der Waals surface area contributed by atoms with E-state index >= 15 is 0 Å². The largest absolute Gasteiger partial charge is 0.493 e. The Balaban J connectivity index is 1.65. The highest BCUT2D eigenvalue weighted by molar-refractivity contribution is 9.10. The van der Waals surface area contributed by atoms with Crippen molar-refractivity contribution in [2.24, 2.45) is 0 Å². The summed E-state index contributed by atoms with van der Waals surface area (Å²) in [5.41, 5.74) is 3.50. The molecule has 0 spiro atoms. The summed E-state index contributed by atoms with van der Waals surface area (Å²) in [6.45, 7) is 2.32. The number of benzene rings is 3. The monoisotopic (exact) mass is 522 g/mol. The van der Waals surface area contributed by atoms with Gasteiger partial charge in [0, 0.05) is 17.3 Å². The summed E-state index contributed by atoms with van der Waals surface area (Å²) < 4.78 is 11.9. The van der Waals surface area contributed by atoms with E-state index in [1.807, 2.05) is 43.3 Å². The lowest BCUT2D eigenvalue weighted by Crippen LogP contribution is -2.20. The smallest absolute Gasteiger partial charge is 0.262 e. The quantitative estimate of drug-likeness (QED) is 0.344. The maximum atomic E-state index is 12.2. The van der Waals surface area contributed by atoms with Gasteiger partial charge in [-0.1, -0.05) is 40.9 Å². The van der Waals surface area contributed by atoms with E-state index in [1.165, 1.54) is 0 Å². The number of nitrogens with one attached hydrogen (secondary N) is 2. The van der Waals surface area contributed by atoms with Gasteiger partial charge in [0.25, 0.3) is 5.91 Å². The number of carbonyl (C=O) groups excluding carboxylic acids is 1. The number of aryl methyl sites for hydroxylation is 1. The van der Waals surface area contributed by atoms with Gasteiger partial charge in [0.05, 0.1) is 22.3 Å². The molecular formula is C23H21BrCl2N2O3. The normalized spacial score (nSPS) is 10.5. The number of ether oxygens (including phenoxy) is 2. The Kier molecular flexibility index (Phi) is 8.07. The first-order valence-corrected chi connectivity index (χ1v) is 10.9. The van der Waals surface area contributed by atoms with Gasteiger partial charge in [0.1, 0.15) is 0 Å². The summed E-state index contributed by atoms with van der Waals surface area (Å²) in [5, 5.41) is 7.23. The van der Waals surface area contributed by atoms with Crippen molar-refractivity contribution in [1.82, 2.24) is 0 Å². The second kappa shape index (κ2) is 10.8. The Bertz CT molecular complexity index is 1080. The number of hydrogen-bond acceptors (Lipinski definition) is 4. The first-order valence-electron chi connectivity index (χ1n) is 9.40. The topological polar surface area (TPSA) is 59.6 Å². The highest BCUT2D eigenvalue weighted by Gasteiger charge is 2.14.